The first-order chi connectivity index (χ1) is 13.0. The lowest BCUT2D eigenvalue weighted by Gasteiger charge is -2.26. The Balaban J connectivity index is 2.04. The Morgan fingerprint density at radius 1 is 1.04 bits per heavy atom. The first kappa shape index (κ1) is 19.7. The monoisotopic (exact) mass is 382 g/mol. The number of aliphatic imine (C=N–C) groups is 1. The van der Waals surface area contributed by atoms with Crippen molar-refractivity contribution < 1.29 is 19.0 Å². The minimum absolute atomic E-state index is 0.111. The molecule has 0 aliphatic rings. The maximum Gasteiger partial charge on any atom is 0.312 e. The summed E-state index contributed by atoms with van der Waals surface area (Å²) < 4.78 is 10.5. The van der Waals surface area contributed by atoms with Gasteiger partial charge in [0.25, 0.3) is 5.89 Å². The van der Waals surface area contributed by atoms with Crippen molar-refractivity contribution in [1.82, 2.24) is 4.98 Å². The fourth-order valence-corrected chi connectivity index (χ4v) is 2.77. The van der Waals surface area contributed by atoms with E-state index in [1.165, 1.54) is 12.5 Å². The number of oxazole rings is 1. The molecule has 0 saturated heterocycles. The van der Waals surface area contributed by atoms with Crippen LogP contribution in [-0.4, -0.2) is 21.4 Å². The van der Waals surface area contributed by atoms with Crippen molar-refractivity contribution in [2.24, 2.45) is 4.99 Å². The zero-order chi connectivity index (χ0) is 20.7. The van der Waals surface area contributed by atoms with Gasteiger partial charge in [-0.1, -0.05) is 47.6 Å². The second-order valence-electron chi connectivity index (χ2n) is 8.84. The molecule has 148 valence electrons. The summed E-state index contributed by atoms with van der Waals surface area (Å²) in [7, 11) is 0. The first-order valence-electron chi connectivity index (χ1n) is 9.12. The Kier molecular flexibility index (Phi) is 4.83. The molecule has 0 unspecified atom stereocenters. The molecule has 2 aromatic heterocycles. The van der Waals surface area contributed by atoms with E-state index in [0.29, 0.717) is 11.4 Å². The highest BCUT2D eigenvalue weighted by molar-refractivity contribution is 5.83. The molecule has 2 N–H and O–H groups in total. The molecule has 0 aliphatic heterocycles. The maximum absolute atomic E-state index is 10.8. The molecule has 6 nitrogen and oxygen atoms in total. The quantitative estimate of drug-likeness (QED) is 0.568. The highest BCUT2D eigenvalue weighted by Crippen LogP contribution is 2.41. The van der Waals surface area contributed by atoms with Crippen molar-refractivity contribution in [2.45, 2.75) is 52.4 Å². The fourth-order valence-electron chi connectivity index (χ4n) is 2.77. The normalized spacial score (nSPS) is 12.8. The van der Waals surface area contributed by atoms with E-state index in [0.717, 1.165) is 11.1 Å². The van der Waals surface area contributed by atoms with E-state index in [2.05, 4.69) is 30.7 Å². The maximum atomic E-state index is 10.8. The van der Waals surface area contributed by atoms with Crippen LogP contribution >= 0.6 is 0 Å². The van der Waals surface area contributed by atoms with Crippen molar-refractivity contribution in [1.29, 1.82) is 0 Å². The van der Waals surface area contributed by atoms with E-state index in [1.54, 1.807) is 12.1 Å². The van der Waals surface area contributed by atoms with Crippen LogP contribution in [-0.2, 0) is 10.8 Å². The lowest BCUT2D eigenvalue weighted by atomic mass is 9.80. The summed E-state index contributed by atoms with van der Waals surface area (Å²) in [6, 6.07) is 7.26. The Morgan fingerprint density at radius 3 is 2.32 bits per heavy atom. The summed E-state index contributed by atoms with van der Waals surface area (Å²) >= 11 is 0. The topological polar surface area (TPSA) is 92.0 Å². The average Bonchev–Trinajstić information content (AvgIpc) is 3.21. The molecule has 0 spiro atoms. The van der Waals surface area contributed by atoms with Crippen LogP contribution in [0, 0.1) is 0 Å². The Morgan fingerprint density at radius 2 is 1.75 bits per heavy atom. The molecular formula is C22H26N2O4. The van der Waals surface area contributed by atoms with E-state index in [9.17, 15) is 10.2 Å². The van der Waals surface area contributed by atoms with E-state index in [4.69, 9.17) is 8.83 Å². The van der Waals surface area contributed by atoms with Crippen LogP contribution in [0.15, 0.2) is 44.4 Å². The van der Waals surface area contributed by atoms with Gasteiger partial charge < -0.3 is 19.0 Å². The predicted molar refractivity (Wildman–Crippen MR) is 109 cm³/mol. The summed E-state index contributed by atoms with van der Waals surface area (Å²) in [6.07, 6.45) is 2.87. The zero-order valence-electron chi connectivity index (χ0n) is 17.1. The summed E-state index contributed by atoms with van der Waals surface area (Å²) in [4.78, 5) is 8.59. The molecule has 0 amide bonds. The highest BCUT2D eigenvalue weighted by atomic mass is 16.5. The number of phenolic OH excluding ortho intramolecular Hbond substituents is 1. The lowest BCUT2D eigenvalue weighted by molar-refractivity contribution is 0.333. The van der Waals surface area contributed by atoms with Gasteiger partial charge in [-0.15, -0.1) is 0 Å². The molecule has 2 heterocycles. The Bertz CT molecular complexity index is 1000. The minimum atomic E-state index is -0.363. The molecule has 28 heavy (non-hydrogen) atoms. The zero-order valence-corrected chi connectivity index (χ0v) is 17.1. The molecule has 0 atom stereocenters. The third kappa shape index (κ3) is 3.96. The number of rotatable bonds is 3. The van der Waals surface area contributed by atoms with Crippen LogP contribution in [0.4, 0.5) is 5.69 Å². The Hall–Kier alpha value is -3.02. The third-order valence-corrected chi connectivity index (χ3v) is 4.46. The molecule has 0 aliphatic carbocycles. The van der Waals surface area contributed by atoms with Crippen molar-refractivity contribution in [3.05, 3.63) is 47.3 Å². The van der Waals surface area contributed by atoms with Gasteiger partial charge in [-0.25, -0.2) is 4.98 Å². The van der Waals surface area contributed by atoms with Crippen molar-refractivity contribution in [3.8, 4) is 23.3 Å². The molecule has 3 aromatic rings. The second kappa shape index (κ2) is 6.86. The van der Waals surface area contributed by atoms with Crippen LogP contribution in [0.2, 0.25) is 0 Å². The van der Waals surface area contributed by atoms with Crippen LogP contribution in [0.25, 0.3) is 11.7 Å². The smallest absolute Gasteiger partial charge is 0.312 e. The molecule has 0 bridgehead atoms. The standard InChI is InChI=1S/C22H26N2O4/c1-21(2,3)13-10-14(22(4,5)6)18(25)15(11-13)23-12-16-20(26)28-19(24-16)17-8-7-9-27-17/h7-12,25-26H,1-6H3. The molecule has 3 rings (SSSR count). The summed E-state index contributed by atoms with van der Waals surface area (Å²) in [5.74, 6) is 0.318. The average molecular weight is 382 g/mol. The number of furan rings is 1. The van der Waals surface area contributed by atoms with Gasteiger partial charge in [-0.3, -0.25) is 4.99 Å². The van der Waals surface area contributed by atoms with Gasteiger partial charge in [-0.05, 0) is 34.6 Å². The molecule has 1 aromatic carbocycles. The van der Waals surface area contributed by atoms with Gasteiger partial charge in [0.15, 0.2) is 11.5 Å². The highest BCUT2D eigenvalue weighted by Gasteiger charge is 2.25. The number of hydrogen-bond acceptors (Lipinski definition) is 6. The van der Waals surface area contributed by atoms with Crippen LogP contribution in [0.1, 0.15) is 58.4 Å². The van der Waals surface area contributed by atoms with Crippen LogP contribution in [0.5, 0.6) is 11.7 Å². The van der Waals surface area contributed by atoms with Crippen molar-refractivity contribution >= 4 is 11.9 Å². The minimum Gasteiger partial charge on any atom is -0.505 e. The number of phenols is 1. The largest absolute Gasteiger partial charge is 0.505 e. The third-order valence-electron chi connectivity index (χ3n) is 4.46. The van der Waals surface area contributed by atoms with Crippen molar-refractivity contribution in [2.75, 3.05) is 0 Å². The molecule has 0 fully saturated rings. The lowest BCUT2D eigenvalue weighted by Crippen LogP contribution is -2.16. The fraction of sp³-hybridized carbons (Fsp3) is 0.364. The number of aromatic nitrogens is 1. The molecule has 6 heteroatoms. The van der Waals surface area contributed by atoms with E-state index in [1.807, 2.05) is 32.9 Å². The molecular weight excluding hydrogens is 356 g/mol. The number of nitrogens with zero attached hydrogens (tertiary/aromatic N) is 2. The first-order valence-corrected chi connectivity index (χ1v) is 9.12. The van der Waals surface area contributed by atoms with Crippen LogP contribution in [0.3, 0.4) is 0 Å². The van der Waals surface area contributed by atoms with Gasteiger partial charge in [0, 0.05) is 5.56 Å². The summed E-state index contributed by atoms with van der Waals surface area (Å²) in [6.45, 7) is 12.5. The second-order valence-corrected chi connectivity index (χ2v) is 8.84. The number of benzene rings is 1. The Labute approximate surface area is 164 Å². The predicted octanol–water partition coefficient (Wildman–Crippen LogP) is 5.69. The van der Waals surface area contributed by atoms with Crippen LogP contribution < -0.4 is 0 Å². The van der Waals surface area contributed by atoms with Crippen molar-refractivity contribution in [3.63, 3.8) is 0 Å². The van der Waals surface area contributed by atoms with Gasteiger partial charge in [-0.2, -0.15) is 0 Å². The van der Waals surface area contributed by atoms with E-state index < -0.39 is 0 Å². The molecule has 0 saturated carbocycles. The summed E-state index contributed by atoms with van der Waals surface area (Å²) in [5.41, 5.74) is 2.08. The number of aromatic hydroxyl groups is 2. The van der Waals surface area contributed by atoms with Gasteiger partial charge in [0.1, 0.15) is 11.4 Å². The van der Waals surface area contributed by atoms with Gasteiger partial charge in [0.2, 0.25) is 0 Å². The van der Waals surface area contributed by atoms with E-state index >= 15 is 0 Å². The van der Waals surface area contributed by atoms with E-state index in [-0.39, 0.29) is 34.1 Å². The molecule has 0 radical (unpaired) electrons. The van der Waals surface area contributed by atoms with Gasteiger partial charge in [0.05, 0.1) is 12.5 Å². The van der Waals surface area contributed by atoms with Gasteiger partial charge >= 0.3 is 5.95 Å². The SMILES string of the molecule is CC(C)(C)c1cc(N=Cc2nc(-c3ccco3)oc2O)c(O)c(C(C)(C)C)c1. The summed E-state index contributed by atoms with van der Waals surface area (Å²) in [5, 5.41) is 20.8. The number of hydrogen-bond donors (Lipinski definition) is 2.